The number of nitrogens with zero attached hydrogens (tertiary/aromatic N) is 2. The monoisotopic (exact) mass is 363 g/mol. The molecule has 138 valence electrons. The lowest BCUT2D eigenvalue weighted by molar-refractivity contribution is -0.134. The summed E-state index contributed by atoms with van der Waals surface area (Å²) in [4.78, 5) is 41.0. The van der Waals surface area contributed by atoms with Crippen molar-refractivity contribution >= 4 is 23.5 Å². The highest BCUT2D eigenvalue weighted by molar-refractivity contribution is 6.10. The number of urea groups is 1. The summed E-state index contributed by atoms with van der Waals surface area (Å²) in [5, 5.41) is 2.74. The van der Waals surface area contributed by atoms with Crippen LogP contribution >= 0.6 is 0 Å². The van der Waals surface area contributed by atoms with E-state index in [1.54, 1.807) is 24.0 Å². The maximum atomic E-state index is 13.0. The summed E-state index contributed by atoms with van der Waals surface area (Å²) in [6.07, 6.45) is 1.79. The Morgan fingerprint density at radius 1 is 1.07 bits per heavy atom. The van der Waals surface area contributed by atoms with Gasteiger partial charge in [-0.15, -0.1) is 0 Å². The smallest absolute Gasteiger partial charge is 0.319 e. The van der Waals surface area contributed by atoms with Gasteiger partial charge in [0.1, 0.15) is 12.1 Å². The van der Waals surface area contributed by atoms with Crippen LogP contribution in [0.2, 0.25) is 0 Å². The van der Waals surface area contributed by atoms with Gasteiger partial charge in [-0.05, 0) is 37.0 Å². The summed E-state index contributed by atoms with van der Waals surface area (Å²) < 4.78 is 0. The van der Waals surface area contributed by atoms with Gasteiger partial charge in [-0.25, -0.2) is 4.79 Å². The first kappa shape index (κ1) is 17.3. The minimum absolute atomic E-state index is 0.247. The highest BCUT2D eigenvalue weighted by atomic mass is 16.2. The Hall–Kier alpha value is -3.15. The molecule has 1 saturated heterocycles. The Bertz CT molecular complexity index is 912. The van der Waals surface area contributed by atoms with Crippen LogP contribution in [-0.2, 0) is 21.5 Å². The molecule has 6 nitrogen and oxygen atoms in total. The van der Waals surface area contributed by atoms with E-state index in [9.17, 15) is 14.4 Å². The molecule has 2 aliphatic rings. The zero-order chi connectivity index (χ0) is 19.0. The predicted molar refractivity (Wildman–Crippen MR) is 101 cm³/mol. The molecule has 2 aromatic rings. The fourth-order valence-electron chi connectivity index (χ4n) is 3.82. The van der Waals surface area contributed by atoms with Crippen molar-refractivity contribution in [2.24, 2.45) is 0 Å². The maximum Gasteiger partial charge on any atom is 0.325 e. The molecule has 1 unspecified atom stereocenters. The van der Waals surface area contributed by atoms with Crippen LogP contribution < -0.4 is 10.2 Å². The lowest BCUT2D eigenvalue weighted by Gasteiger charge is -2.30. The van der Waals surface area contributed by atoms with Gasteiger partial charge >= 0.3 is 6.03 Å². The van der Waals surface area contributed by atoms with E-state index in [0.717, 1.165) is 29.0 Å². The van der Waals surface area contributed by atoms with Crippen LogP contribution in [0, 0.1) is 0 Å². The molecule has 0 aromatic heterocycles. The molecule has 2 aromatic carbocycles. The molecule has 2 aliphatic heterocycles. The first-order chi connectivity index (χ1) is 13.0. The normalized spacial score (nSPS) is 21.8. The third-order valence-electron chi connectivity index (χ3n) is 5.33. The minimum atomic E-state index is -1.15. The van der Waals surface area contributed by atoms with Gasteiger partial charge in [0, 0.05) is 12.2 Å². The number of anilines is 1. The van der Waals surface area contributed by atoms with Crippen molar-refractivity contribution < 1.29 is 14.4 Å². The molecule has 0 spiro atoms. The Morgan fingerprint density at radius 3 is 2.56 bits per heavy atom. The van der Waals surface area contributed by atoms with Gasteiger partial charge in [-0.2, -0.15) is 0 Å². The van der Waals surface area contributed by atoms with Crippen LogP contribution in [0.3, 0.4) is 0 Å². The van der Waals surface area contributed by atoms with Crippen LogP contribution in [-0.4, -0.2) is 35.8 Å². The fourth-order valence-corrected chi connectivity index (χ4v) is 3.82. The highest BCUT2D eigenvalue weighted by Crippen LogP contribution is 2.30. The number of para-hydroxylation sites is 1. The molecule has 0 bridgehead atoms. The molecule has 4 rings (SSSR count). The van der Waals surface area contributed by atoms with Crippen LogP contribution in [0.5, 0.6) is 0 Å². The average Bonchev–Trinajstić information content (AvgIpc) is 2.92. The van der Waals surface area contributed by atoms with Crippen molar-refractivity contribution in [3.8, 4) is 0 Å². The van der Waals surface area contributed by atoms with Crippen molar-refractivity contribution in [3.05, 3.63) is 65.7 Å². The average molecular weight is 363 g/mol. The number of aryl methyl sites for hydroxylation is 1. The van der Waals surface area contributed by atoms with Gasteiger partial charge in [0.15, 0.2) is 0 Å². The Balaban J connectivity index is 1.56. The van der Waals surface area contributed by atoms with Crippen molar-refractivity contribution in [2.45, 2.75) is 25.3 Å². The van der Waals surface area contributed by atoms with Crippen molar-refractivity contribution in [3.63, 3.8) is 0 Å². The van der Waals surface area contributed by atoms with Gasteiger partial charge in [-0.1, -0.05) is 48.5 Å². The Kier molecular flexibility index (Phi) is 4.18. The van der Waals surface area contributed by atoms with Crippen LogP contribution in [0.25, 0.3) is 0 Å². The number of carbonyl (C=O) groups excluding carboxylic acids is 3. The standard InChI is InChI=1S/C21H21N3O3/c1-21(16-10-3-2-4-11-16)19(26)24(20(27)22-21)14-18(25)23-13-7-9-15-8-5-6-12-17(15)23/h2-6,8,10-12H,7,9,13-14H2,1H3,(H,22,27). The summed E-state index contributed by atoms with van der Waals surface area (Å²) in [5.41, 5.74) is 1.52. The zero-order valence-corrected chi connectivity index (χ0v) is 15.1. The van der Waals surface area contributed by atoms with E-state index in [1.807, 2.05) is 42.5 Å². The van der Waals surface area contributed by atoms with E-state index in [4.69, 9.17) is 0 Å². The molecule has 4 amide bonds. The molecule has 1 N–H and O–H groups in total. The number of rotatable bonds is 3. The number of hydrogen-bond acceptors (Lipinski definition) is 3. The Morgan fingerprint density at radius 2 is 1.78 bits per heavy atom. The van der Waals surface area contributed by atoms with E-state index < -0.39 is 17.5 Å². The molecule has 1 fully saturated rings. The molecule has 1 atom stereocenters. The van der Waals surface area contributed by atoms with Crippen LogP contribution in [0.4, 0.5) is 10.5 Å². The van der Waals surface area contributed by atoms with E-state index >= 15 is 0 Å². The fraction of sp³-hybridized carbons (Fsp3) is 0.286. The molecule has 6 heteroatoms. The van der Waals surface area contributed by atoms with Crippen molar-refractivity contribution in [1.29, 1.82) is 0 Å². The first-order valence-electron chi connectivity index (χ1n) is 9.08. The predicted octanol–water partition coefficient (Wildman–Crippen LogP) is 2.43. The van der Waals surface area contributed by atoms with E-state index in [0.29, 0.717) is 12.1 Å². The SMILES string of the molecule is CC1(c2ccccc2)NC(=O)N(CC(=O)N2CCCc3ccccc32)C1=O. The van der Waals surface area contributed by atoms with Gasteiger partial charge in [-0.3, -0.25) is 14.5 Å². The van der Waals surface area contributed by atoms with E-state index in [-0.39, 0.29) is 12.5 Å². The molecule has 2 heterocycles. The molecule has 0 aliphatic carbocycles. The third-order valence-corrected chi connectivity index (χ3v) is 5.33. The molecular formula is C21H21N3O3. The zero-order valence-electron chi connectivity index (χ0n) is 15.1. The number of benzene rings is 2. The van der Waals surface area contributed by atoms with Gasteiger partial charge in [0.05, 0.1) is 0 Å². The molecule has 0 radical (unpaired) electrons. The number of hydrogen-bond donors (Lipinski definition) is 1. The second-order valence-corrected chi connectivity index (χ2v) is 7.09. The van der Waals surface area contributed by atoms with Gasteiger partial charge < -0.3 is 10.2 Å². The number of nitrogens with one attached hydrogen (secondary N) is 1. The molecule has 0 saturated carbocycles. The number of carbonyl (C=O) groups is 3. The van der Waals surface area contributed by atoms with E-state index in [1.165, 1.54) is 0 Å². The molecular weight excluding hydrogens is 342 g/mol. The maximum absolute atomic E-state index is 13.0. The van der Waals surface area contributed by atoms with Crippen molar-refractivity contribution in [1.82, 2.24) is 10.2 Å². The van der Waals surface area contributed by atoms with Gasteiger partial charge in [0.25, 0.3) is 5.91 Å². The summed E-state index contributed by atoms with van der Waals surface area (Å²) in [6.45, 7) is 2.00. The van der Waals surface area contributed by atoms with Gasteiger partial charge in [0.2, 0.25) is 5.91 Å². The topological polar surface area (TPSA) is 69.7 Å². The summed E-state index contributed by atoms with van der Waals surface area (Å²) in [5.74, 6) is -0.652. The number of imide groups is 1. The first-order valence-corrected chi connectivity index (χ1v) is 9.08. The van der Waals surface area contributed by atoms with Crippen molar-refractivity contribution in [2.75, 3.05) is 18.0 Å². The summed E-state index contributed by atoms with van der Waals surface area (Å²) in [7, 11) is 0. The molecule has 27 heavy (non-hydrogen) atoms. The second kappa shape index (κ2) is 6.54. The third kappa shape index (κ3) is 2.87. The summed E-state index contributed by atoms with van der Waals surface area (Å²) >= 11 is 0. The number of fused-ring (bicyclic) bond motifs is 1. The largest absolute Gasteiger partial charge is 0.325 e. The highest BCUT2D eigenvalue weighted by Gasteiger charge is 2.49. The quantitative estimate of drug-likeness (QED) is 0.852. The second-order valence-electron chi connectivity index (χ2n) is 7.09. The van der Waals surface area contributed by atoms with Crippen LogP contribution in [0.1, 0.15) is 24.5 Å². The lowest BCUT2D eigenvalue weighted by Crippen LogP contribution is -2.46. The van der Waals surface area contributed by atoms with Crippen LogP contribution in [0.15, 0.2) is 54.6 Å². The summed E-state index contributed by atoms with van der Waals surface area (Å²) in [6, 6.07) is 16.3. The number of amides is 4. The minimum Gasteiger partial charge on any atom is -0.319 e. The Labute approximate surface area is 157 Å². The van der Waals surface area contributed by atoms with E-state index in [2.05, 4.69) is 5.32 Å². The lowest BCUT2D eigenvalue weighted by atomic mass is 9.92.